The van der Waals surface area contributed by atoms with Crippen LogP contribution in [-0.4, -0.2) is 18.6 Å². The second kappa shape index (κ2) is 7.91. The normalized spacial score (nSPS) is 17.7. The largest absolute Gasteiger partial charge is 0.310 e. The summed E-state index contributed by atoms with van der Waals surface area (Å²) in [5.74, 6) is 1.18. The maximum absolute atomic E-state index is 13.1. The minimum absolute atomic E-state index is 0.104. The van der Waals surface area contributed by atoms with Crippen molar-refractivity contribution in [2.75, 3.05) is 18.6 Å². The van der Waals surface area contributed by atoms with Crippen LogP contribution in [0.15, 0.2) is 18.2 Å². The van der Waals surface area contributed by atoms with Crippen molar-refractivity contribution >= 4 is 11.8 Å². The number of benzene rings is 1. The number of nitrogens with one attached hydrogen (secondary N) is 1. The van der Waals surface area contributed by atoms with Gasteiger partial charge >= 0.3 is 0 Å². The Labute approximate surface area is 120 Å². The van der Waals surface area contributed by atoms with Crippen LogP contribution in [0.2, 0.25) is 0 Å². The van der Waals surface area contributed by atoms with Gasteiger partial charge in [-0.25, -0.2) is 4.39 Å². The number of halogens is 1. The first kappa shape index (κ1) is 14.9. The molecule has 1 N–H and O–H groups in total. The number of unbranched alkanes of at least 4 members (excludes halogenated alkanes) is 3. The monoisotopic (exact) mass is 281 g/mol. The topological polar surface area (TPSA) is 12.0 Å². The first-order chi connectivity index (χ1) is 9.31. The van der Waals surface area contributed by atoms with Gasteiger partial charge in [0.25, 0.3) is 0 Å². The van der Waals surface area contributed by atoms with E-state index in [0.717, 1.165) is 19.4 Å². The summed E-state index contributed by atoms with van der Waals surface area (Å²) in [5, 5.41) is 3.62. The molecule has 0 heterocycles. The predicted octanol–water partition coefficient (Wildman–Crippen LogP) is 4.33. The van der Waals surface area contributed by atoms with Gasteiger partial charge in [0.2, 0.25) is 0 Å². The molecule has 1 aromatic rings. The molecular weight excluding hydrogens is 257 g/mol. The van der Waals surface area contributed by atoms with E-state index in [1.54, 1.807) is 12.1 Å². The summed E-state index contributed by atoms with van der Waals surface area (Å²) in [6.07, 6.45) is 9.55. The summed E-state index contributed by atoms with van der Waals surface area (Å²) in [4.78, 5) is 0. The molecule has 0 radical (unpaired) electrons. The van der Waals surface area contributed by atoms with Gasteiger partial charge in [-0.15, -0.1) is 0 Å². The van der Waals surface area contributed by atoms with E-state index in [2.05, 4.69) is 11.6 Å². The second-order valence-electron chi connectivity index (χ2n) is 5.30. The second-order valence-corrected chi connectivity index (χ2v) is 6.28. The number of fused-ring (bicyclic) bond motifs is 1. The summed E-state index contributed by atoms with van der Waals surface area (Å²) in [6.45, 7) is 1.08. The maximum atomic E-state index is 13.1. The summed E-state index contributed by atoms with van der Waals surface area (Å²) >= 11 is 1.93. The summed E-state index contributed by atoms with van der Waals surface area (Å²) < 4.78 is 13.1. The fourth-order valence-electron chi connectivity index (χ4n) is 2.80. The molecule has 0 saturated carbocycles. The summed E-state index contributed by atoms with van der Waals surface area (Å²) in [5.41, 5.74) is 2.50. The third-order valence-electron chi connectivity index (χ3n) is 3.85. The highest BCUT2D eigenvalue weighted by atomic mass is 32.2. The minimum atomic E-state index is -0.104. The third kappa shape index (κ3) is 4.50. The van der Waals surface area contributed by atoms with Crippen LogP contribution in [0.25, 0.3) is 0 Å². The highest BCUT2D eigenvalue weighted by Gasteiger charge is 2.21. The quantitative estimate of drug-likeness (QED) is 0.712. The molecule has 1 aliphatic rings. The molecule has 0 saturated heterocycles. The molecule has 3 heteroatoms. The molecule has 0 aromatic heterocycles. The van der Waals surface area contributed by atoms with Crippen LogP contribution >= 0.6 is 11.8 Å². The van der Waals surface area contributed by atoms with Crippen LogP contribution in [0.5, 0.6) is 0 Å². The van der Waals surface area contributed by atoms with Gasteiger partial charge in [0, 0.05) is 6.04 Å². The molecule has 0 spiro atoms. The van der Waals surface area contributed by atoms with E-state index in [1.165, 1.54) is 42.6 Å². The smallest absolute Gasteiger partial charge is 0.123 e. The van der Waals surface area contributed by atoms with Gasteiger partial charge in [0.05, 0.1) is 0 Å². The average molecular weight is 281 g/mol. The third-order valence-corrected chi connectivity index (χ3v) is 4.55. The van der Waals surface area contributed by atoms with Gasteiger partial charge < -0.3 is 5.32 Å². The van der Waals surface area contributed by atoms with Crippen molar-refractivity contribution in [3.63, 3.8) is 0 Å². The number of aryl methyl sites for hydroxylation is 1. The fraction of sp³-hybridized carbons (Fsp3) is 0.625. The van der Waals surface area contributed by atoms with Crippen molar-refractivity contribution in [3.8, 4) is 0 Å². The average Bonchev–Trinajstić information content (AvgIpc) is 2.80. The minimum Gasteiger partial charge on any atom is -0.310 e. The van der Waals surface area contributed by atoms with Crippen LogP contribution in [0, 0.1) is 5.82 Å². The van der Waals surface area contributed by atoms with Crippen molar-refractivity contribution in [2.45, 2.75) is 44.6 Å². The van der Waals surface area contributed by atoms with Crippen LogP contribution in [0.3, 0.4) is 0 Å². The molecule has 1 unspecified atom stereocenters. The number of thioether (sulfide) groups is 1. The van der Waals surface area contributed by atoms with Gasteiger partial charge in [-0.3, -0.25) is 0 Å². The highest BCUT2D eigenvalue weighted by molar-refractivity contribution is 7.98. The Morgan fingerprint density at radius 1 is 1.26 bits per heavy atom. The molecule has 2 rings (SSSR count). The zero-order valence-electron chi connectivity index (χ0n) is 11.8. The van der Waals surface area contributed by atoms with Gasteiger partial charge in [0.15, 0.2) is 0 Å². The van der Waals surface area contributed by atoms with Crippen molar-refractivity contribution in [1.29, 1.82) is 0 Å². The fourth-order valence-corrected chi connectivity index (χ4v) is 3.29. The van der Waals surface area contributed by atoms with E-state index >= 15 is 0 Å². The predicted molar refractivity (Wildman–Crippen MR) is 82.3 cm³/mol. The van der Waals surface area contributed by atoms with E-state index in [1.807, 2.05) is 17.8 Å². The van der Waals surface area contributed by atoms with Crippen LogP contribution < -0.4 is 5.32 Å². The van der Waals surface area contributed by atoms with Crippen molar-refractivity contribution in [1.82, 2.24) is 5.32 Å². The Kier molecular flexibility index (Phi) is 6.18. The summed E-state index contributed by atoms with van der Waals surface area (Å²) in [7, 11) is 0. The lowest BCUT2D eigenvalue weighted by atomic mass is 10.1. The molecule has 0 fully saturated rings. The van der Waals surface area contributed by atoms with E-state index in [4.69, 9.17) is 0 Å². The number of hydrogen-bond acceptors (Lipinski definition) is 2. The van der Waals surface area contributed by atoms with Crippen molar-refractivity contribution < 1.29 is 4.39 Å². The molecule has 0 aliphatic heterocycles. The van der Waals surface area contributed by atoms with E-state index in [9.17, 15) is 4.39 Å². The first-order valence-electron chi connectivity index (χ1n) is 7.32. The maximum Gasteiger partial charge on any atom is 0.123 e. The van der Waals surface area contributed by atoms with Gasteiger partial charge in [-0.05, 0) is 67.5 Å². The summed E-state index contributed by atoms with van der Waals surface area (Å²) in [6, 6.07) is 5.68. The van der Waals surface area contributed by atoms with Crippen molar-refractivity contribution in [3.05, 3.63) is 35.1 Å². The molecule has 106 valence electrons. The number of rotatable bonds is 8. The molecule has 1 aromatic carbocycles. The highest BCUT2D eigenvalue weighted by Crippen LogP contribution is 2.31. The molecule has 1 atom stereocenters. The molecule has 0 amide bonds. The molecule has 1 nitrogen and oxygen atoms in total. The first-order valence-corrected chi connectivity index (χ1v) is 8.71. The van der Waals surface area contributed by atoms with Crippen molar-refractivity contribution in [2.24, 2.45) is 0 Å². The standard InChI is InChI=1S/C16H24FNS/c1-19-11-5-3-2-4-10-18-16-9-6-13-12-14(17)7-8-15(13)16/h7-8,12,16,18H,2-6,9-11H2,1H3. The lowest BCUT2D eigenvalue weighted by Crippen LogP contribution is -2.20. The Morgan fingerprint density at radius 2 is 2.11 bits per heavy atom. The van der Waals surface area contributed by atoms with Crippen LogP contribution in [-0.2, 0) is 6.42 Å². The molecule has 1 aliphatic carbocycles. The molecular formula is C16H24FNS. The van der Waals surface area contributed by atoms with Crippen LogP contribution in [0.4, 0.5) is 4.39 Å². The Hall–Kier alpha value is -0.540. The SMILES string of the molecule is CSCCCCCCNC1CCc2cc(F)ccc21. The molecule has 0 bridgehead atoms. The lowest BCUT2D eigenvalue weighted by molar-refractivity contribution is 0.506. The Bertz CT molecular complexity index is 394. The Balaban J connectivity index is 1.66. The van der Waals surface area contributed by atoms with Gasteiger partial charge in [-0.1, -0.05) is 18.9 Å². The lowest BCUT2D eigenvalue weighted by Gasteiger charge is -2.13. The van der Waals surface area contributed by atoms with E-state index < -0.39 is 0 Å². The number of hydrogen-bond donors (Lipinski definition) is 1. The Morgan fingerprint density at radius 3 is 2.95 bits per heavy atom. The van der Waals surface area contributed by atoms with E-state index in [-0.39, 0.29) is 5.82 Å². The zero-order valence-corrected chi connectivity index (χ0v) is 12.6. The van der Waals surface area contributed by atoms with Gasteiger partial charge in [-0.2, -0.15) is 11.8 Å². The van der Waals surface area contributed by atoms with E-state index in [0.29, 0.717) is 6.04 Å². The molecule has 19 heavy (non-hydrogen) atoms. The zero-order chi connectivity index (χ0) is 13.5. The van der Waals surface area contributed by atoms with Gasteiger partial charge in [0.1, 0.15) is 5.82 Å². The van der Waals surface area contributed by atoms with Crippen LogP contribution in [0.1, 0.15) is 49.3 Å².